The van der Waals surface area contributed by atoms with Crippen LogP contribution in [0.2, 0.25) is 0 Å². The van der Waals surface area contributed by atoms with Gasteiger partial charge in [-0.3, -0.25) is 9.10 Å². The van der Waals surface area contributed by atoms with Crippen LogP contribution >= 0.6 is 0 Å². The topological polar surface area (TPSA) is 117 Å². The fourth-order valence-corrected chi connectivity index (χ4v) is 8.65. The van der Waals surface area contributed by atoms with Gasteiger partial charge in [-0.05, 0) is 85.0 Å². The lowest BCUT2D eigenvalue weighted by Crippen LogP contribution is -2.34. The number of halogens is 2. The lowest BCUT2D eigenvalue weighted by Gasteiger charge is -2.31. The second kappa shape index (κ2) is 10.8. The maximum absolute atomic E-state index is 15.4. The Morgan fingerprint density at radius 3 is 2.58 bits per heavy atom. The molecule has 4 aromatic rings. The molecular formula is C33H30F2N4O5S. The van der Waals surface area contributed by atoms with Crippen LogP contribution in [-0.4, -0.2) is 49.5 Å². The van der Waals surface area contributed by atoms with Crippen molar-refractivity contribution in [2.75, 3.05) is 35.6 Å². The van der Waals surface area contributed by atoms with E-state index in [-0.39, 0.29) is 47.3 Å². The first-order valence-corrected chi connectivity index (χ1v) is 16.2. The van der Waals surface area contributed by atoms with E-state index in [2.05, 4.69) is 5.10 Å². The molecule has 0 atom stereocenters. The minimum Gasteiger partial charge on any atom is -0.454 e. The van der Waals surface area contributed by atoms with Gasteiger partial charge in [0.1, 0.15) is 17.4 Å². The molecule has 1 spiro atoms. The van der Waals surface area contributed by atoms with Gasteiger partial charge < -0.3 is 15.2 Å². The largest absolute Gasteiger partial charge is 0.454 e. The summed E-state index contributed by atoms with van der Waals surface area (Å²) in [6, 6.07) is 14.0. The molecule has 232 valence electrons. The minimum absolute atomic E-state index is 0.00412. The number of nitrogens with zero attached hydrogens (tertiary/aromatic N) is 3. The monoisotopic (exact) mass is 632 g/mol. The van der Waals surface area contributed by atoms with E-state index in [4.69, 9.17) is 15.2 Å². The second-order valence-corrected chi connectivity index (χ2v) is 13.8. The van der Waals surface area contributed by atoms with E-state index in [0.717, 1.165) is 5.56 Å². The van der Waals surface area contributed by atoms with Crippen LogP contribution in [0.25, 0.3) is 11.8 Å². The normalized spacial score (nSPS) is 18.2. The number of rotatable bonds is 6. The third kappa shape index (κ3) is 5.17. The zero-order chi connectivity index (χ0) is 31.5. The maximum Gasteiger partial charge on any atom is 0.235 e. The highest BCUT2D eigenvalue weighted by Crippen LogP contribution is 2.44. The van der Waals surface area contributed by atoms with E-state index in [1.807, 2.05) is 6.92 Å². The number of allylic oxidation sites excluding steroid dienone is 1. The number of Topliss-reactive ketones (excluding diaryl/α,β-unsaturated/α-hetero) is 1. The SMILES string of the molecule is Cc1cc(Oc2ccccc2F)ccc1-n1ncc(C(=O)C2=Cc3cc(F)c(N4CC5(CCOCC5)CS4(=O)=O)cc3C2)c1N. The molecule has 2 fully saturated rings. The van der Waals surface area contributed by atoms with Crippen molar-refractivity contribution in [2.24, 2.45) is 5.41 Å². The molecule has 1 aromatic heterocycles. The zero-order valence-electron chi connectivity index (χ0n) is 24.4. The summed E-state index contributed by atoms with van der Waals surface area (Å²) in [6.45, 7) is 3.00. The number of hydrogen-bond donors (Lipinski definition) is 1. The van der Waals surface area contributed by atoms with E-state index in [1.165, 1.54) is 33.4 Å². The number of aromatic nitrogens is 2. The Labute approximate surface area is 258 Å². The Bertz CT molecular complexity index is 2000. The summed E-state index contributed by atoms with van der Waals surface area (Å²) < 4.78 is 69.5. The van der Waals surface area contributed by atoms with E-state index >= 15 is 4.39 Å². The Morgan fingerprint density at radius 1 is 1.04 bits per heavy atom. The fraction of sp³-hybridized carbons (Fsp3) is 0.273. The quantitative estimate of drug-likeness (QED) is 0.275. The molecule has 2 saturated heterocycles. The summed E-state index contributed by atoms with van der Waals surface area (Å²) in [5.74, 6) is -0.884. The van der Waals surface area contributed by atoms with E-state index < -0.39 is 27.1 Å². The van der Waals surface area contributed by atoms with Crippen molar-refractivity contribution in [3.63, 3.8) is 0 Å². The Balaban J connectivity index is 1.11. The number of para-hydroxylation sites is 1. The lowest BCUT2D eigenvalue weighted by atomic mass is 9.82. The molecule has 45 heavy (non-hydrogen) atoms. The van der Waals surface area contributed by atoms with Crippen molar-refractivity contribution in [2.45, 2.75) is 26.2 Å². The molecule has 12 heteroatoms. The molecule has 9 nitrogen and oxygen atoms in total. The standard InChI is InChI=1S/C33H30F2N4O5S/c1-20-12-24(44-30-5-3-2-4-26(30)34)6-7-28(20)39-32(36)25(17-37-39)31(40)23-13-21-15-27(35)29(16-22(21)14-23)38-18-33(19-45(38,41)42)8-10-43-11-9-33/h2-7,12-13,15-17H,8-11,14,18-19,36H2,1H3. The van der Waals surface area contributed by atoms with Gasteiger partial charge in [-0.15, -0.1) is 0 Å². The summed E-state index contributed by atoms with van der Waals surface area (Å²) in [7, 11) is -3.71. The third-order valence-corrected chi connectivity index (χ3v) is 10.8. The van der Waals surface area contributed by atoms with Crippen LogP contribution in [0, 0.1) is 24.0 Å². The summed E-state index contributed by atoms with van der Waals surface area (Å²) in [4.78, 5) is 13.6. The molecule has 2 aliphatic heterocycles. The molecule has 0 saturated carbocycles. The van der Waals surface area contributed by atoms with Gasteiger partial charge in [0, 0.05) is 37.2 Å². The van der Waals surface area contributed by atoms with Crippen molar-refractivity contribution >= 4 is 33.4 Å². The number of hydrogen-bond acceptors (Lipinski definition) is 7. The van der Waals surface area contributed by atoms with Crippen LogP contribution in [-0.2, 0) is 21.2 Å². The van der Waals surface area contributed by atoms with E-state index in [0.29, 0.717) is 54.2 Å². The number of nitrogens with two attached hydrogens (primary N) is 1. The fourth-order valence-electron chi connectivity index (χ4n) is 6.43. The van der Waals surface area contributed by atoms with Gasteiger partial charge in [-0.1, -0.05) is 12.1 Å². The highest BCUT2D eigenvalue weighted by molar-refractivity contribution is 7.93. The first kappa shape index (κ1) is 29.2. The number of ether oxygens (including phenoxy) is 2. The third-order valence-electron chi connectivity index (χ3n) is 8.85. The van der Waals surface area contributed by atoms with Crippen LogP contribution in [0.3, 0.4) is 0 Å². The van der Waals surface area contributed by atoms with Crippen LogP contribution in [0.4, 0.5) is 20.3 Å². The lowest BCUT2D eigenvalue weighted by molar-refractivity contribution is 0.0331. The predicted molar refractivity (Wildman–Crippen MR) is 165 cm³/mol. The molecule has 0 amide bonds. The van der Waals surface area contributed by atoms with Gasteiger partial charge in [0.2, 0.25) is 10.0 Å². The minimum atomic E-state index is -3.71. The predicted octanol–water partition coefficient (Wildman–Crippen LogP) is 5.60. The van der Waals surface area contributed by atoms with Gasteiger partial charge in [-0.25, -0.2) is 21.9 Å². The van der Waals surface area contributed by atoms with E-state index in [9.17, 15) is 17.6 Å². The van der Waals surface area contributed by atoms with Crippen LogP contribution in [0.15, 0.2) is 66.4 Å². The van der Waals surface area contributed by atoms with Crippen LogP contribution < -0.4 is 14.8 Å². The second-order valence-electron chi connectivity index (χ2n) is 11.9. The van der Waals surface area contributed by atoms with Gasteiger partial charge in [0.15, 0.2) is 17.3 Å². The number of sulfonamides is 1. The van der Waals surface area contributed by atoms with Crippen molar-refractivity contribution < 1.29 is 31.5 Å². The number of benzene rings is 3. The van der Waals surface area contributed by atoms with Gasteiger partial charge in [0.25, 0.3) is 0 Å². The van der Waals surface area contributed by atoms with Gasteiger partial charge in [-0.2, -0.15) is 5.10 Å². The highest BCUT2D eigenvalue weighted by atomic mass is 32.2. The number of carbonyl (C=O) groups is 1. The highest BCUT2D eigenvalue weighted by Gasteiger charge is 2.49. The molecule has 2 N–H and O–H groups in total. The van der Waals surface area contributed by atoms with Crippen molar-refractivity contribution in [1.29, 1.82) is 0 Å². The molecule has 0 unspecified atom stereocenters. The number of aryl methyl sites for hydroxylation is 1. The molecular weight excluding hydrogens is 602 g/mol. The van der Waals surface area contributed by atoms with Crippen molar-refractivity contribution in [1.82, 2.24) is 9.78 Å². The van der Waals surface area contributed by atoms with Crippen molar-refractivity contribution in [3.05, 3.63) is 100 Å². The molecule has 7 rings (SSSR count). The Hall–Kier alpha value is -4.55. The summed E-state index contributed by atoms with van der Waals surface area (Å²) in [5, 5.41) is 4.35. The average Bonchev–Trinajstić information content (AvgIpc) is 3.66. The summed E-state index contributed by atoms with van der Waals surface area (Å²) in [5.41, 5.74) is 9.06. The molecule has 0 radical (unpaired) electrons. The molecule has 1 aliphatic carbocycles. The maximum atomic E-state index is 15.4. The average molecular weight is 633 g/mol. The number of ketones is 1. The Morgan fingerprint density at radius 2 is 1.82 bits per heavy atom. The number of anilines is 2. The number of nitrogen functional groups attached to an aromatic ring is 1. The van der Waals surface area contributed by atoms with Crippen LogP contribution in [0.1, 0.15) is 39.9 Å². The molecule has 3 heterocycles. The smallest absolute Gasteiger partial charge is 0.235 e. The first-order valence-electron chi connectivity index (χ1n) is 14.6. The number of fused-ring (bicyclic) bond motifs is 1. The summed E-state index contributed by atoms with van der Waals surface area (Å²) >= 11 is 0. The van der Waals surface area contributed by atoms with Crippen molar-refractivity contribution in [3.8, 4) is 17.2 Å². The Kier molecular flexibility index (Phi) is 7.01. The van der Waals surface area contributed by atoms with Gasteiger partial charge >= 0.3 is 0 Å². The summed E-state index contributed by atoms with van der Waals surface area (Å²) in [6.07, 6.45) is 4.41. The molecule has 0 bridgehead atoms. The molecule has 3 aromatic carbocycles. The zero-order valence-corrected chi connectivity index (χ0v) is 25.2. The number of carbonyl (C=O) groups excluding carboxylic acids is 1. The van der Waals surface area contributed by atoms with Gasteiger partial charge in [0.05, 0.1) is 28.9 Å². The first-order chi connectivity index (χ1) is 21.5. The molecule has 3 aliphatic rings. The van der Waals surface area contributed by atoms with Crippen LogP contribution in [0.5, 0.6) is 11.5 Å². The van der Waals surface area contributed by atoms with E-state index in [1.54, 1.807) is 42.5 Å².